The average Bonchev–Trinajstić information content (AvgIpc) is 2.81. The highest BCUT2D eigenvalue weighted by atomic mass is 79.9. The molecule has 1 aromatic carbocycles. The van der Waals surface area contributed by atoms with Crippen molar-refractivity contribution in [1.29, 1.82) is 0 Å². The average molecular weight is 345 g/mol. The van der Waals surface area contributed by atoms with E-state index in [1.165, 1.54) is 0 Å². The second-order valence-electron chi connectivity index (χ2n) is 3.70. The summed E-state index contributed by atoms with van der Waals surface area (Å²) in [5, 5.41) is 4.88. The van der Waals surface area contributed by atoms with E-state index in [9.17, 15) is 4.79 Å². The van der Waals surface area contributed by atoms with Gasteiger partial charge < -0.3 is 5.32 Å². The van der Waals surface area contributed by atoms with Gasteiger partial charge in [0.2, 0.25) is 0 Å². The van der Waals surface area contributed by atoms with E-state index >= 15 is 0 Å². The molecule has 0 saturated carbocycles. The number of carbonyl (C=O) groups excluding carboxylic acids is 1. The van der Waals surface area contributed by atoms with Crippen molar-refractivity contribution in [1.82, 2.24) is 5.32 Å². The molecule has 0 aliphatic rings. The van der Waals surface area contributed by atoms with Gasteiger partial charge in [0.05, 0.1) is 6.54 Å². The number of rotatable bonds is 4. The summed E-state index contributed by atoms with van der Waals surface area (Å²) in [7, 11) is 0. The summed E-state index contributed by atoms with van der Waals surface area (Å²) in [5.41, 5.74) is 1.66. The van der Waals surface area contributed by atoms with E-state index in [0.717, 1.165) is 14.9 Å². The first kappa shape index (κ1) is 13.6. The van der Waals surface area contributed by atoms with Crippen molar-refractivity contribution in [2.45, 2.75) is 12.4 Å². The summed E-state index contributed by atoms with van der Waals surface area (Å²) in [6.07, 6.45) is 0. The van der Waals surface area contributed by atoms with Crippen LogP contribution < -0.4 is 5.32 Å². The molecule has 0 radical (unpaired) electrons. The predicted octanol–water partition coefficient (Wildman–Crippen LogP) is 4.18. The Labute approximate surface area is 123 Å². The summed E-state index contributed by atoms with van der Waals surface area (Å²) in [5.74, 6) is 0.390. The van der Waals surface area contributed by atoms with E-state index in [0.29, 0.717) is 18.0 Å². The van der Waals surface area contributed by atoms with Gasteiger partial charge in [0, 0.05) is 20.8 Å². The Morgan fingerprint density at radius 2 is 2.00 bits per heavy atom. The molecule has 0 aliphatic heterocycles. The maximum atomic E-state index is 11.9. The Morgan fingerprint density at radius 1 is 1.28 bits per heavy atom. The van der Waals surface area contributed by atoms with Crippen LogP contribution >= 0.6 is 38.9 Å². The smallest absolute Gasteiger partial charge is 0.251 e. The van der Waals surface area contributed by atoms with Gasteiger partial charge in [-0.25, -0.2) is 0 Å². The maximum Gasteiger partial charge on any atom is 0.251 e. The normalized spacial score (nSPS) is 10.3. The highest BCUT2D eigenvalue weighted by molar-refractivity contribution is 9.10. The quantitative estimate of drug-likeness (QED) is 0.828. The van der Waals surface area contributed by atoms with E-state index in [1.54, 1.807) is 23.5 Å². The minimum absolute atomic E-state index is 0.0728. The first-order chi connectivity index (χ1) is 8.70. The summed E-state index contributed by atoms with van der Waals surface area (Å²) < 4.78 is 1.03. The number of thiophene rings is 1. The number of benzene rings is 1. The molecule has 0 aliphatic carbocycles. The minimum Gasteiger partial charge on any atom is -0.347 e. The van der Waals surface area contributed by atoms with E-state index in [2.05, 4.69) is 21.2 Å². The van der Waals surface area contributed by atoms with Crippen LogP contribution in [0.4, 0.5) is 0 Å². The van der Waals surface area contributed by atoms with Gasteiger partial charge in [-0.2, -0.15) is 0 Å². The molecule has 1 heterocycles. The zero-order valence-electron chi connectivity index (χ0n) is 9.45. The second-order valence-corrected chi connectivity index (χ2v) is 5.83. The van der Waals surface area contributed by atoms with Crippen molar-refractivity contribution in [3.05, 3.63) is 56.2 Å². The van der Waals surface area contributed by atoms with Crippen LogP contribution in [0.5, 0.6) is 0 Å². The Morgan fingerprint density at radius 3 is 2.56 bits per heavy atom. The van der Waals surface area contributed by atoms with Crippen LogP contribution in [0.3, 0.4) is 0 Å². The number of nitrogens with one attached hydrogen (secondary N) is 1. The number of halogens is 2. The van der Waals surface area contributed by atoms with Crippen LogP contribution in [0.2, 0.25) is 0 Å². The standard InChI is InChI=1S/C13H11BrClNOS/c14-11-5-6-18-12(11)8-16-13(17)10-3-1-9(7-15)2-4-10/h1-6H,7-8H2,(H,16,17). The van der Waals surface area contributed by atoms with E-state index in [-0.39, 0.29) is 5.91 Å². The summed E-state index contributed by atoms with van der Waals surface area (Å²) in [6.45, 7) is 0.536. The van der Waals surface area contributed by atoms with Crippen molar-refractivity contribution in [2.75, 3.05) is 0 Å². The Balaban J connectivity index is 1.97. The molecule has 94 valence electrons. The molecular weight excluding hydrogens is 334 g/mol. The molecule has 1 amide bonds. The molecule has 2 nitrogen and oxygen atoms in total. The van der Waals surface area contributed by atoms with Gasteiger partial charge >= 0.3 is 0 Å². The lowest BCUT2D eigenvalue weighted by atomic mass is 10.1. The van der Waals surface area contributed by atoms with Crippen LogP contribution in [0.15, 0.2) is 40.2 Å². The molecule has 0 spiro atoms. The van der Waals surface area contributed by atoms with Gasteiger partial charge in [0.15, 0.2) is 0 Å². The van der Waals surface area contributed by atoms with Crippen molar-refractivity contribution in [3.63, 3.8) is 0 Å². The number of hydrogen-bond donors (Lipinski definition) is 1. The van der Waals surface area contributed by atoms with Crippen LogP contribution in [0, 0.1) is 0 Å². The molecule has 0 atom stereocenters. The lowest BCUT2D eigenvalue weighted by Gasteiger charge is -2.05. The molecule has 1 N–H and O–H groups in total. The van der Waals surface area contributed by atoms with Crippen LogP contribution in [0.25, 0.3) is 0 Å². The van der Waals surface area contributed by atoms with Gasteiger partial charge in [0.25, 0.3) is 5.91 Å². The van der Waals surface area contributed by atoms with Crippen molar-refractivity contribution < 1.29 is 4.79 Å². The van der Waals surface area contributed by atoms with Gasteiger partial charge in [-0.1, -0.05) is 12.1 Å². The molecule has 0 unspecified atom stereocenters. The summed E-state index contributed by atoms with van der Waals surface area (Å²) >= 11 is 10.8. The van der Waals surface area contributed by atoms with E-state index < -0.39 is 0 Å². The fourth-order valence-electron chi connectivity index (χ4n) is 1.46. The largest absolute Gasteiger partial charge is 0.347 e. The lowest BCUT2D eigenvalue weighted by molar-refractivity contribution is 0.0951. The minimum atomic E-state index is -0.0728. The number of alkyl halides is 1. The molecule has 2 rings (SSSR count). The Kier molecular flexibility index (Phi) is 4.80. The monoisotopic (exact) mass is 343 g/mol. The fourth-order valence-corrected chi connectivity index (χ4v) is 3.07. The Hall–Kier alpha value is -0.840. The first-order valence-corrected chi connectivity index (χ1v) is 7.56. The highest BCUT2D eigenvalue weighted by Crippen LogP contribution is 2.22. The third kappa shape index (κ3) is 3.34. The predicted molar refractivity (Wildman–Crippen MR) is 79.2 cm³/mol. The topological polar surface area (TPSA) is 29.1 Å². The number of hydrogen-bond acceptors (Lipinski definition) is 2. The van der Waals surface area contributed by atoms with Crippen molar-refractivity contribution in [3.8, 4) is 0 Å². The molecule has 18 heavy (non-hydrogen) atoms. The van der Waals surface area contributed by atoms with Crippen LogP contribution in [-0.2, 0) is 12.4 Å². The SMILES string of the molecule is O=C(NCc1sccc1Br)c1ccc(CCl)cc1. The van der Waals surface area contributed by atoms with E-state index in [4.69, 9.17) is 11.6 Å². The third-order valence-electron chi connectivity index (χ3n) is 2.47. The summed E-state index contributed by atoms with van der Waals surface area (Å²) in [6, 6.07) is 9.28. The third-order valence-corrected chi connectivity index (χ3v) is 4.71. The second kappa shape index (κ2) is 6.36. The molecule has 5 heteroatoms. The molecule has 1 aromatic heterocycles. The molecule has 2 aromatic rings. The Bertz CT molecular complexity index is 538. The van der Waals surface area contributed by atoms with Gasteiger partial charge in [-0.05, 0) is 45.1 Å². The van der Waals surface area contributed by atoms with Crippen LogP contribution in [-0.4, -0.2) is 5.91 Å². The molecule has 0 saturated heterocycles. The maximum absolute atomic E-state index is 11.9. The van der Waals surface area contributed by atoms with Crippen molar-refractivity contribution >= 4 is 44.8 Å². The molecular formula is C13H11BrClNOS. The van der Waals surface area contributed by atoms with Gasteiger partial charge in [-0.15, -0.1) is 22.9 Å². The number of amides is 1. The molecule has 0 fully saturated rings. The van der Waals surface area contributed by atoms with E-state index in [1.807, 2.05) is 23.6 Å². The molecule has 0 bridgehead atoms. The van der Waals surface area contributed by atoms with Gasteiger partial charge in [0.1, 0.15) is 0 Å². The number of carbonyl (C=O) groups is 1. The zero-order valence-corrected chi connectivity index (χ0v) is 12.6. The fraction of sp³-hybridized carbons (Fsp3) is 0.154. The van der Waals surface area contributed by atoms with Crippen molar-refractivity contribution in [2.24, 2.45) is 0 Å². The zero-order chi connectivity index (χ0) is 13.0. The first-order valence-electron chi connectivity index (χ1n) is 5.35. The summed E-state index contributed by atoms with van der Waals surface area (Å²) in [4.78, 5) is 13.0. The lowest BCUT2D eigenvalue weighted by Crippen LogP contribution is -2.22. The van der Waals surface area contributed by atoms with Gasteiger partial charge in [-0.3, -0.25) is 4.79 Å². The van der Waals surface area contributed by atoms with Crippen LogP contribution in [0.1, 0.15) is 20.8 Å². The highest BCUT2D eigenvalue weighted by Gasteiger charge is 2.07.